The Kier molecular flexibility index (Phi) is 3.48. The Balaban J connectivity index is 2.66. The van der Waals surface area contributed by atoms with Crippen LogP contribution in [0.4, 0.5) is 13.2 Å². The first-order valence-electron chi connectivity index (χ1n) is 4.36. The highest BCUT2D eigenvalue weighted by Gasteiger charge is 2.49. The minimum Gasteiger partial charge on any atom is -0.461 e. The van der Waals surface area contributed by atoms with Crippen molar-refractivity contribution in [3.05, 3.63) is 0 Å². The monoisotopic (exact) mass is 261 g/mol. The first kappa shape index (κ1) is 13.2. The topological polar surface area (TPSA) is 63.7 Å². The van der Waals surface area contributed by atoms with Crippen LogP contribution >= 0.6 is 0 Å². The average Bonchev–Trinajstić information content (AvgIpc) is 2.49. The van der Waals surface area contributed by atoms with E-state index in [1.54, 1.807) is 0 Å². The maximum Gasteiger partial charge on any atom is 0.511 e. The Hall–Kier alpha value is -0.830. The number of halogens is 3. The van der Waals surface area contributed by atoms with Gasteiger partial charge < -0.3 is 4.74 Å². The Morgan fingerprint density at radius 3 is 2.44 bits per heavy atom. The minimum absolute atomic E-state index is 0.102. The van der Waals surface area contributed by atoms with Crippen LogP contribution in [-0.4, -0.2) is 43.9 Å². The molecule has 0 N–H and O–H groups in total. The number of hydrogen-bond donors (Lipinski definition) is 0. The summed E-state index contributed by atoms with van der Waals surface area (Å²) in [5.74, 6) is -0.525. The molecular formula is C7H10F3NO4S. The summed E-state index contributed by atoms with van der Waals surface area (Å²) < 4.78 is 62.8. The second-order valence-electron chi connectivity index (χ2n) is 3.38. The molecule has 9 heteroatoms. The Bertz CT molecular complexity index is 378. The average molecular weight is 261 g/mol. The van der Waals surface area contributed by atoms with Crippen molar-refractivity contribution in [2.75, 3.05) is 13.6 Å². The Morgan fingerprint density at radius 2 is 2.06 bits per heavy atom. The van der Waals surface area contributed by atoms with Gasteiger partial charge >= 0.3 is 21.5 Å². The molecule has 1 heterocycles. The van der Waals surface area contributed by atoms with E-state index in [1.807, 2.05) is 0 Å². The summed E-state index contributed by atoms with van der Waals surface area (Å²) in [5.41, 5.74) is -5.33. The summed E-state index contributed by atoms with van der Waals surface area (Å²) in [6, 6.07) is 0. The molecule has 0 aromatic heterocycles. The van der Waals surface area contributed by atoms with Gasteiger partial charge in [0.05, 0.1) is 6.54 Å². The van der Waals surface area contributed by atoms with Crippen LogP contribution in [-0.2, 0) is 19.6 Å². The molecule has 0 amide bonds. The second kappa shape index (κ2) is 4.21. The zero-order chi connectivity index (χ0) is 12.6. The van der Waals surface area contributed by atoms with Gasteiger partial charge in [-0.25, -0.2) is 8.42 Å². The van der Waals surface area contributed by atoms with Crippen LogP contribution in [0.25, 0.3) is 0 Å². The zero-order valence-electron chi connectivity index (χ0n) is 8.32. The number of ether oxygens (including phenoxy) is 1. The van der Waals surface area contributed by atoms with Crippen molar-refractivity contribution in [1.82, 2.24) is 4.31 Å². The zero-order valence-corrected chi connectivity index (χ0v) is 9.14. The summed E-state index contributed by atoms with van der Waals surface area (Å²) in [6.45, 7) is -0.479. The smallest absolute Gasteiger partial charge is 0.461 e. The SMILES string of the molecule is CN(CC1CCC(=O)O1)S(=O)(=O)C(F)(F)F. The Morgan fingerprint density at radius 1 is 1.50 bits per heavy atom. The van der Waals surface area contributed by atoms with E-state index in [2.05, 4.69) is 4.74 Å². The third-order valence-electron chi connectivity index (χ3n) is 2.13. The molecule has 5 nitrogen and oxygen atoms in total. The third kappa shape index (κ3) is 2.64. The molecule has 0 bridgehead atoms. The van der Waals surface area contributed by atoms with E-state index in [-0.39, 0.29) is 17.1 Å². The van der Waals surface area contributed by atoms with E-state index in [0.717, 1.165) is 7.05 Å². The van der Waals surface area contributed by atoms with Crippen LogP contribution in [0.15, 0.2) is 0 Å². The fraction of sp³-hybridized carbons (Fsp3) is 0.857. The van der Waals surface area contributed by atoms with Crippen molar-refractivity contribution >= 4 is 16.0 Å². The van der Waals surface area contributed by atoms with Crippen LogP contribution < -0.4 is 0 Å². The molecule has 1 aliphatic heterocycles. The molecule has 16 heavy (non-hydrogen) atoms. The fourth-order valence-corrected chi connectivity index (χ4v) is 1.99. The molecule has 0 aliphatic carbocycles. The van der Waals surface area contributed by atoms with Gasteiger partial charge in [-0.1, -0.05) is 0 Å². The molecular weight excluding hydrogens is 251 g/mol. The summed E-state index contributed by atoms with van der Waals surface area (Å²) in [6.07, 6.45) is -0.462. The molecule has 1 aliphatic rings. The van der Waals surface area contributed by atoms with E-state index >= 15 is 0 Å². The van der Waals surface area contributed by atoms with E-state index in [1.165, 1.54) is 0 Å². The standard InChI is InChI=1S/C7H10F3NO4S/c1-11(16(13,14)7(8,9)10)4-5-2-3-6(12)15-5/h5H,2-4H2,1H3. The molecule has 1 atom stereocenters. The van der Waals surface area contributed by atoms with Gasteiger partial charge in [-0.3, -0.25) is 4.79 Å². The second-order valence-corrected chi connectivity index (χ2v) is 5.42. The fourth-order valence-electron chi connectivity index (χ4n) is 1.27. The molecule has 1 saturated heterocycles. The van der Waals surface area contributed by atoms with Crippen molar-refractivity contribution in [2.24, 2.45) is 0 Å². The first-order valence-corrected chi connectivity index (χ1v) is 5.80. The number of cyclic esters (lactones) is 1. The normalized spacial score (nSPS) is 22.6. The van der Waals surface area contributed by atoms with Gasteiger partial charge in [-0.15, -0.1) is 0 Å². The summed E-state index contributed by atoms with van der Waals surface area (Å²) in [5, 5.41) is 0. The summed E-state index contributed by atoms with van der Waals surface area (Å²) in [7, 11) is -4.54. The van der Waals surface area contributed by atoms with Gasteiger partial charge in [-0.2, -0.15) is 17.5 Å². The van der Waals surface area contributed by atoms with Gasteiger partial charge in [0, 0.05) is 13.5 Å². The largest absolute Gasteiger partial charge is 0.511 e. The minimum atomic E-state index is -5.34. The molecule has 0 saturated carbocycles. The molecule has 1 fully saturated rings. The lowest BCUT2D eigenvalue weighted by molar-refractivity contribution is -0.141. The number of alkyl halides is 3. The molecule has 1 rings (SSSR count). The molecule has 0 spiro atoms. The van der Waals surface area contributed by atoms with Crippen molar-refractivity contribution in [3.8, 4) is 0 Å². The van der Waals surface area contributed by atoms with Crippen LogP contribution in [0.1, 0.15) is 12.8 Å². The molecule has 0 aromatic carbocycles. The third-order valence-corrected chi connectivity index (χ3v) is 3.69. The molecule has 94 valence electrons. The maximum atomic E-state index is 12.1. The van der Waals surface area contributed by atoms with Crippen LogP contribution in [0.3, 0.4) is 0 Å². The van der Waals surface area contributed by atoms with E-state index < -0.39 is 34.1 Å². The number of nitrogens with zero attached hydrogens (tertiary/aromatic N) is 1. The number of carbonyl (C=O) groups is 1. The molecule has 1 unspecified atom stereocenters. The van der Waals surface area contributed by atoms with Crippen LogP contribution in [0, 0.1) is 0 Å². The number of likely N-dealkylation sites (N-methyl/N-ethyl adjacent to an activating group) is 1. The van der Waals surface area contributed by atoms with E-state index in [9.17, 15) is 26.4 Å². The number of hydrogen-bond acceptors (Lipinski definition) is 4. The maximum absolute atomic E-state index is 12.1. The van der Waals surface area contributed by atoms with Gasteiger partial charge in [0.1, 0.15) is 6.10 Å². The van der Waals surface area contributed by atoms with Gasteiger partial charge in [-0.05, 0) is 6.42 Å². The predicted molar refractivity (Wildman–Crippen MR) is 46.7 cm³/mol. The van der Waals surface area contributed by atoms with Crippen molar-refractivity contribution in [1.29, 1.82) is 0 Å². The quantitative estimate of drug-likeness (QED) is 0.693. The highest BCUT2D eigenvalue weighted by Crippen LogP contribution is 2.27. The van der Waals surface area contributed by atoms with Gasteiger partial charge in [0.25, 0.3) is 0 Å². The first-order chi connectivity index (χ1) is 7.14. The summed E-state index contributed by atoms with van der Waals surface area (Å²) >= 11 is 0. The van der Waals surface area contributed by atoms with E-state index in [4.69, 9.17) is 0 Å². The number of esters is 1. The lowest BCUT2D eigenvalue weighted by Gasteiger charge is -2.21. The highest BCUT2D eigenvalue weighted by atomic mass is 32.2. The number of carbonyl (C=O) groups excluding carboxylic acids is 1. The molecule has 0 aromatic rings. The van der Waals surface area contributed by atoms with E-state index in [0.29, 0.717) is 0 Å². The highest BCUT2D eigenvalue weighted by molar-refractivity contribution is 7.89. The van der Waals surface area contributed by atoms with Crippen molar-refractivity contribution in [3.63, 3.8) is 0 Å². The lowest BCUT2D eigenvalue weighted by atomic mass is 10.2. The van der Waals surface area contributed by atoms with Gasteiger partial charge in [0.15, 0.2) is 0 Å². The van der Waals surface area contributed by atoms with Gasteiger partial charge in [0.2, 0.25) is 0 Å². The number of sulfonamides is 1. The van der Waals surface area contributed by atoms with Crippen molar-refractivity contribution in [2.45, 2.75) is 24.5 Å². The van der Waals surface area contributed by atoms with Crippen molar-refractivity contribution < 1.29 is 31.1 Å². The Labute approximate surface area is 90.2 Å². The number of rotatable bonds is 3. The van der Waals surface area contributed by atoms with Crippen LogP contribution in [0.5, 0.6) is 0 Å². The lowest BCUT2D eigenvalue weighted by Crippen LogP contribution is -2.41. The molecule has 0 radical (unpaired) electrons. The predicted octanol–water partition coefficient (Wildman–Crippen LogP) is 0.473. The summed E-state index contributed by atoms with van der Waals surface area (Å²) in [4.78, 5) is 10.7. The van der Waals surface area contributed by atoms with Crippen LogP contribution in [0.2, 0.25) is 0 Å².